The van der Waals surface area contributed by atoms with Gasteiger partial charge in [0, 0.05) is 24.6 Å². The summed E-state index contributed by atoms with van der Waals surface area (Å²) in [5, 5.41) is 13.9. The maximum Gasteiger partial charge on any atom is 0.326 e. The topological polar surface area (TPSA) is 86.7 Å². The van der Waals surface area contributed by atoms with Crippen LogP contribution in [0.1, 0.15) is 36.5 Å². The number of amides is 2. The Bertz CT molecular complexity index is 845. The molecule has 1 unspecified atom stereocenters. The van der Waals surface area contributed by atoms with Gasteiger partial charge < -0.3 is 15.3 Å². The Hall–Kier alpha value is -2.89. The molecule has 1 aliphatic carbocycles. The molecular weight excluding hydrogens is 332 g/mol. The molecule has 2 aromatic carbocycles. The number of carboxylic acids is 1. The highest BCUT2D eigenvalue weighted by atomic mass is 16.4. The predicted molar refractivity (Wildman–Crippen MR) is 97.9 cm³/mol. The summed E-state index contributed by atoms with van der Waals surface area (Å²) >= 11 is 0. The van der Waals surface area contributed by atoms with Gasteiger partial charge in [-0.3, -0.25) is 9.59 Å². The lowest BCUT2D eigenvalue weighted by Crippen LogP contribution is -2.45. The molecular formula is C20H22N2O4. The average molecular weight is 354 g/mol. The molecule has 1 atom stereocenters. The molecule has 136 valence electrons. The Morgan fingerprint density at radius 2 is 1.85 bits per heavy atom. The number of fused-ring (bicyclic) bond motifs is 1. The van der Waals surface area contributed by atoms with E-state index in [-0.39, 0.29) is 30.8 Å². The van der Waals surface area contributed by atoms with Gasteiger partial charge in [-0.05, 0) is 42.7 Å². The highest BCUT2D eigenvalue weighted by molar-refractivity contribution is 5.98. The first-order valence-corrected chi connectivity index (χ1v) is 8.78. The fourth-order valence-corrected chi connectivity index (χ4v) is 3.05. The molecule has 2 amide bonds. The number of carbonyl (C=O) groups is 3. The summed E-state index contributed by atoms with van der Waals surface area (Å²) in [5.41, 5.74) is 0.536. The smallest absolute Gasteiger partial charge is 0.326 e. The molecule has 0 heterocycles. The van der Waals surface area contributed by atoms with E-state index in [1.807, 2.05) is 36.4 Å². The number of carbonyl (C=O) groups excluding carboxylic acids is 2. The van der Waals surface area contributed by atoms with Gasteiger partial charge in [-0.25, -0.2) is 4.79 Å². The van der Waals surface area contributed by atoms with Crippen LogP contribution in [0.5, 0.6) is 0 Å². The third-order valence-electron chi connectivity index (χ3n) is 4.64. The van der Waals surface area contributed by atoms with Crippen molar-refractivity contribution in [3.63, 3.8) is 0 Å². The van der Waals surface area contributed by atoms with Crippen LogP contribution in [0.25, 0.3) is 10.8 Å². The van der Waals surface area contributed by atoms with Crippen molar-refractivity contribution in [2.24, 2.45) is 0 Å². The van der Waals surface area contributed by atoms with Crippen molar-refractivity contribution < 1.29 is 19.5 Å². The number of aliphatic carboxylic acids is 1. The first-order chi connectivity index (χ1) is 12.5. The van der Waals surface area contributed by atoms with Gasteiger partial charge >= 0.3 is 5.97 Å². The SMILES string of the molecule is CC(C(=O)O)N(C(=O)CCNC(=O)c1ccc2ccccc2c1)C1CC1. The van der Waals surface area contributed by atoms with Gasteiger partial charge in [0.25, 0.3) is 5.91 Å². The summed E-state index contributed by atoms with van der Waals surface area (Å²) in [6.07, 6.45) is 1.77. The van der Waals surface area contributed by atoms with E-state index in [0.29, 0.717) is 5.56 Å². The molecule has 1 fully saturated rings. The van der Waals surface area contributed by atoms with E-state index in [4.69, 9.17) is 5.11 Å². The summed E-state index contributed by atoms with van der Waals surface area (Å²) in [4.78, 5) is 37.3. The summed E-state index contributed by atoms with van der Waals surface area (Å²) in [6, 6.07) is 12.4. The number of hydrogen-bond acceptors (Lipinski definition) is 3. The highest BCUT2D eigenvalue weighted by Gasteiger charge is 2.37. The minimum absolute atomic E-state index is 0.0183. The molecule has 6 heteroatoms. The van der Waals surface area contributed by atoms with Gasteiger partial charge in [0.05, 0.1) is 0 Å². The zero-order chi connectivity index (χ0) is 18.7. The third kappa shape index (κ3) is 4.02. The lowest BCUT2D eigenvalue weighted by atomic mass is 10.1. The van der Waals surface area contributed by atoms with Crippen molar-refractivity contribution in [3.8, 4) is 0 Å². The molecule has 2 aromatic rings. The monoisotopic (exact) mass is 354 g/mol. The molecule has 1 saturated carbocycles. The van der Waals surface area contributed by atoms with Crippen molar-refractivity contribution in [1.29, 1.82) is 0 Å². The second-order valence-corrected chi connectivity index (χ2v) is 6.61. The van der Waals surface area contributed by atoms with E-state index in [1.54, 1.807) is 6.07 Å². The lowest BCUT2D eigenvalue weighted by Gasteiger charge is -2.26. The zero-order valence-corrected chi connectivity index (χ0v) is 14.6. The van der Waals surface area contributed by atoms with Crippen LogP contribution in [0.15, 0.2) is 42.5 Å². The van der Waals surface area contributed by atoms with E-state index >= 15 is 0 Å². The van der Waals surface area contributed by atoms with Crippen LogP contribution in [-0.4, -0.2) is 46.4 Å². The highest BCUT2D eigenvalue weighted by Crippen LogP contribution is 2.29. The Kier molecular flexibility index (Phi) is 5.21. The first kappa shape index (κ1) is 17.9. The number of benzene rings is 2. The molecule has 1 aliphatic rings. The van der Waals surface area contributed by atoms with E-state index in [2.05, 4.69) is 5.32 Å². The molecule has 0 bridgehead atoms. The van der Waals surface area contributed by atoms with E-state index < -0.39 is 12.0 Å². The molecule has 0 aromatic heterocycles. The normalized spacial score (nSPS) is 14.7. The number of nitrogens with zero attached hydrogens (tertiary/aromatic N) is 1. The minimum Gasteiger partial charge on any atom is -0.480 e. The third-order valence-corrected chi connectivity index (χ3v) is 4.64. The standard InChI is InChI=1S/C20H22N2O4/c1-13(20(25)26)22(17-8-9-17)18(23)10-11-21-19(24)16-7-6-14-4-2-3-5-15(14)12-16/h2-7,12-13,17H,8-11H2,1H3,(H,21,24)(H,25,26). The van der Waals surface area contributed by atoms with Crippen molar-refractivity contribution in [2.75, 3.05) is 6.54 Å². The molecule has 0 radical (unpaired) electrons. The van der Waals surface area contributed by atoms with Crippen molar-refractivity contribution in [1.82, 2.24) is 10.2 Å². The number of carboxylic acid groups (broad SMARTS) is 1. The largest absolute Gasteiger partial charge is 0.480 e. The number of rotatable bonds is 7. The van der Waals surface area contributed by atoms with E-state index in [9.17, 15) is 14.4 Å². The van der Waals surface area contributed by atoms with Crippen molar-refractivity contribution in [3.05, 3.63) is 48.0 Å². The Morgan fingerprint density at radius 1 is 1.15 bits per heavy atom. The summed E-state index contributed by atoms with van der Waals surface area (Å²) in [7, 11) is 0. The van der Waals surface area contributed by atoms with Gasteiger partial charge in [-0.1, -0.05) is 30.3 Å². The lowest BCUT2D eigenvalue weighted by molar-refractivity contribution is -0.150. The second kappa shape index (κ2) is 7.56. The second-order valence-electron chi connectivity index (χ2n) is 6.61. The predicted octanol–water partition coefficient (Wildman–Crippen LogP) is 2.42. The summed E-state index contributed by atoms with van der Waals surface area (Å²) < 4.78 is 0. The summed E-state index contributed by atoms with van der Waals surface area (Å²) in [5.74, 6) is -1.49. The van der Waals surface area contributed by atoms with E-state index in [0.717, 1.165) is 23.6 Å². The van der Waals surface area contributed by atoms with Gasteiger partial charge in [0.1, 0.15) is 6.04 Å². The van der Waals surface area contributed by atoms with Crippen molar-refractivity contribution >= 4 is 28.6 Å². The Labute approximate surface area is 151 Å². The fraction of sp³-hybridized carbons (Fsp3) is 0.350. The maximum absolute atomic E-state index is 12.4. The number of hydrogen-bond donors (Lipinski definition) is 2. The van der Waals surface area contributed by atoms with Crippen LogP contribution < -0.4 is 5.32 Å². The first-order valence-electron chi connectivity index (χ1n) is 8.78. The summed E-state index contributed by atoms with van der Waals surface area (Å²) in [6.45, 7) is 1.70. The fourth-order valence-electron chi connectivity index (χ4n) is 3.05. The quantitative estimate of drug-likeness (QED) is 0.799. The molecule has 26 heavy (non-hydrogen) atoms. The van der Waals surface area contributed by atoms with Crippen LogP contribution in [-0.2, 0) is 9.59 Å². The van der Waals surface area contributed by atoms with E-state index in [1.165, 1.54) is 11.8 Å². The van der Waals surface area contributed by atoms with Gasteiger partial charge in [0.2, 0.25) is 5.91 Å². The Balaban J connectivity index is 1.56. The maximum atomic E-state index is 12.4. The molecule has 2 N–H and O–H groups in total. The molecule has 6 nitrogen and oxygen atoms in total. The zero-order valence-electron chi connectivity index (χ0n) is 14.6. The molecule has 3 rings (SSSR count). The van der Waals surface area contributed by atoms with Crippen LogP contribution in [0.2, 0.25) is 0 Å². The van der Waals surface area contributed by atoms with Crippen molar-refractivity contribution in [2.45, 2.75) is 38.3 Å². The van der Waals surface area contributed by atoms with Gasteiger partial charge in [-0.15, -0.1) is 0 Å². The van der Waals surface area contributed by atoms with Gasteiger partial charge in [0.15, 0.2) is 0 Å². The Morgan fingerprint density at radius 3 is 2.50 bits per heavy atom. The van der Waals surface area contributed by atoms with Crippen LogP contribution >= 0.6 is 0 Å². The molecule has 0 spiro atoms. The van der Waals surface area contributed by atoms with Crippen LogP contribution in [0, 0.1) is 0 Å². The molecule has 0 aliphatic heterocycles. The average Bonchev–Trinajstić information content (AvgIpc) is 3.46. The van der Waals surface area contributed by atoms with Crippen LogP contribution in [0.3, 0.4) is 0 Å². The number of nitrogens with one attached hydrogen (secondary N) is 1. The molecule has 0 saturated heterocycles. The van der Waals surface area contributed by atoms with Gasteiger partial charge in [-0.2, -0.15) is 0 Å². The van der Waals surface area contributed by atoms with Crippen LogP contribution in [0.4, 0.5) is 0 Å². The minimum atomic E-state index is -1.01.